The maximum atomic E-state index is 14.4. The Morgan fingerprint density at radius 3 is 2.65 bits per heavy atom. The molecule has 1 N–H and O–H groups in total. The number of aryl methyl sites for hydroxylation is 1. The molecule has 4 rings (SSSR count). The lowest BCUT2D eigenvalue weighted by Gasteiger charge is -2.29. The normalized spacial score (nSPS) is 25.1. The SMILES string of the molecule is Cc1ccc(F)c(S(=O)(=O)[C@H]2CS(=O)(=O)C[C@@H]2NCC(c2cccs2)N2CCCC2)c1. The number of nitrogens with zero attached hydrogens (tertiary/aromatic N) is 1. The minimum absolute atomic E-state index is 0.0601. The lowest BCUT2D eigenvalue weighted by Crippen LogP contribution is -2.46. The van der Waals surface area contributed by atoms with E-state index in [1.807, 2.05) is 11.4 Å². The van der Waals surface area contributed by atoms with Crippen LogP contribution in [0.4, 0.5) is 4.39 Å². The van der Waals surface area contributed by atoms with Gasteiger partial charge >= 0.3 is 0 Å². The summed E-state index contributed by atoms with van der Waals surface area (Å²) >= 11 is 1.64. The molecule has 0 amide bonds. The highest BCUT2D eigenvalue weighted by Crippen LogP contribution is 2.31. The van der Waals surface area contributed by atoms with Crippen LogP contribution in [0.15, 0.2) is 40.6 Å². The van der Waals surface area contributed by atoms with E-state index in [0.29, 0.717) is 12.1 Å². The van der Waals surface area contributed by atoms with Crippen LogP contribution >= 0.6 is 11.3 Å². The average Bonchev–Trinajstić information content (AvgIpc) is 3.46. The predicted molar refractivity (Wildman–Crippen MR) is 120 cm³/mol. The fraction of sp³-hybridized carbons (Fsp3) is 0.524. The molecule has 0 radical (unpaired) electrons. The van der Waals surface area contributed by atoms with Crippen LogP contribution in [0, 0.1) is 12.7 Å². The number of nitrogens with one attached hydrogen (secondary N) is 1. The maximum Gasteiger partial charge on any atom is 0.186 e. The van der Waals surface area contributed by atoms with Gasteiger partial charge in [0.25, 0.3) is 0 Å². The van der Waals surface area contributed by atoms with Crippen molar-refractivity contribution in [1.82, 2.24) is 10.2 Å². The van der Waals surface area contributed by atoms with Crippen LogP contribution < -0.4 is 5.32 Å². The largest absolute Gasteiger partial charge is 0.310 e. The summed E-state index contributed by atoms with van der Waals surface area (Å²) in [5.41, 5.74) is 0.608. The molecule has 3 atom stereocenters. The van der Waals surface area contributed by atoms with E-state index in [0.717, 1.165) is 32.0 Å². The van der Waals surface area contributed by atoms with E-state index in [1.54, 1.807) is 18.3 Å². The van der Waals surface area contributed by atoms with Gasteiger partial charge in [-0.15, -0.1) is 11.3 Å². The van der Waals surface area contributed by atoms with Crippen LogP contribution in [0.3, 0.4) is 0 Å². The fourth-order valence-corrected chi connectivity index (χ4v) is 10.2. The van der Waals surface area contributed by atoms with Crippen LogP contribution in [0.1, 0.15) is 29.3 Å². The molecule has 0 saturated carbocycles. The number of thiophene rings is 1. The zero-order chi connectivity index (χ0) is 22.2. The van der Waals surface area contributed by atoms with Crippen molar-refractivity contribution in [2.75, 3.05) is 31.1 Å². The van der Waals surface area contributed by atoms with Crippen molar-refractivity contribution in [3.63, 3.8) is 0 Å². The van der Waals surface area contributed by atoms with Gasteiger partial charge in [0.2, 0.25) is 0 Å². The summed E-state index contributed by atoms with van der Waals surface area (Å²) in [6, 6.07) is 7.22. The highest BCUT2D eigenvalue weighted by Gasteiger charge is 2.46. The third-order valence-corrected chi connectivity index (χ3v) is 11.3. The van der Waals surface area contributed by atoms with Gasteiger partial charge in [-0.1, -0.05) is 12.1 Å². The molecule has 2 aliphatic heterocycles. The molecule has 2 aromatic rings. The molecule has 2 fully saturated rings. The number of halogens is 1. The molecule has 6 nitrogen and oxygen atoms in total. The van der Waals surface area contributed by atoms with Crippen molar-refractivity contribution >= 4 is 31.0 Å². The number of benzene rings is 1. The second kappa shape index (κ2) is 8.90. The van der Waals surface area contributed by atoms with Crippen LogP contribution in [-0.4, -0.2) is 64.2 Å². The van der Waals surface area contributed by atoms with Crippen LogP contribution in [0.2, 0.25) is 0 Å². The minimum atomic E-state index is -4.16. The molecule has 170 valence electrons. The van der Waals surface area contributed by atoms with Crippen molar-refractivity contribution in [1.29, 1.82) is 0 Å². The number of likely N-dealkylation sites (tertiary alicyclic amines) is 1. The zero-order valence-corrected chi connectivity index (χ0v) is 19.8. The Bertz CT molecular complexity index is 1130. The first-order valence-electron chi connectivity index (χ1n) is 10.4. The van der Waals surface area contributed by atoms with Crippen molar-refractivity contribution in [3.8, 4) is 0 Å². The molecule has 0 aliphatic carbocycles. The summed E-state index contributed by atoms with van der Waals surface area (Å²) < 4.78 is 65.8. The molecular formula is C21H27FN2O4S3. The zero-order valence-electron chi connectivity index (χ0n) is 17.3. The van der Waals surface area contributed by atoms with Crippen LogP contribution in [-0.2, 0) is 19.7 Å². The quantitative estimate of drug-likeness (QED) is 0.648. The summed E-state index contributed by atoms with van der Waals surface area (Å²) in [5.74, 6) is -1.60. The molecule has 31 heavy (non-hydrogen) atoms. The van der Waals surface area contributed by atoms with Gasteiger partial charge in [-0.3, -0.25) is 4.90 Å². The standard InChI is InChI=1S/C21H27FN2O4S3/c1-15-6-7-16(22)20(11-15)31(27,28)21-14-30(25,26)13-17(21)23-12-18(19-5-4-10-29-19)24-8-2-3-9-24/h4-7,10-11,17-18,21,23H,2-3,8-9,12-14H2,1H3/t17-,18?,21-/m0/s1. The van der Waals surface area contributed by atoms with E-state index >= 15 is 0 Å². The highest BCUT2D eigenvalue weighted by atomic mass is 32.2. The molecule has 2 saturated heterocycles. The predicted octanol–water partition coefficient (Wildman–Crippen LogP) is 2.56. The van der Waals surface area contributed by atoms with Crippen molar-refractivity contribution < 1.29 is 21.2 Å². The third kappa shape index (κ3) is 4.88. The van der Waals surface area contributed by atoms with Crippen LogP contribution in [0.25, 0.3) is 0 Å². The molecule has 3 heterocycles. The smallest absolute Gasteiger partial charge is 0.186 e. The Morgan fingerprint density at radius 1 is 1.23 bits per heavy atom. The Hall–Kier alpha value is -1.33. The summed E-state index contributed by atoms with van der Waals surface area (Å²) in [7, 11) is -7.72. The van der Waals surface area contributed by atoms with Crippen LogP contribution in [0.5, 0.6) is 0 Å². The van der Waals surface area contributed by atoms with Gasteiger partial charge in [0.05, 0.1) is 22.8 Å². The fourth-order valence-electron chi connectivity index (χ4n) is 4.51. The van der Waals surface area contributed by atoms with E-state index in [2.05, 4.69) is 16.3 Å². The number of hydrogen-bond donors (Lipinski definition) is 1. The maximum absolute atomic E-state index is 14.4. The Kier molecular flexibility index (Phi) is 6.56. The van der Waals surface area contributed by atoms with Crippen molar-refractivity contribution in [2.24, 2.45) is 0 Å². The summed E-state index contributed by atoms with van der Waals surface area (Å²) in [4.78, 5) is 3.10. The summed E-state index contributed by atoms with van der Waals surface area (Å²) in [6.07, 6.45) is 2.23. The lowest BCUT2D eigenvalue weighted by molar-refractivity contribution is 0.237. The summed E-state index contributed by atoms with van der Waals surface area (Å²) in [5, 5.41) is 4.04. The van der Waals surface area contributed by atoms with Gasteiger partial charge in [-0.05, 0) is 62.0 Å². The van der Waals surface area contributed by atoms with Gasteiger partial charge in [-0.2, -0.15) is 0 Å². The number of hydrogen-bond acceptors (Lipinski definition) is 7. The topological polar surface area (TPSA) is 83.5 Å². The Balaban J connectivity index is 1.59. The second-order valence-corrected chi connectivity index (χ2v) is 13.7. The Labute approximate surface area is 187 Å². The average molecular weight is 487 g/mol. The van der Waals surface area contributed by atoms with Gasteiger partial charge in [-0.25, -0.2) is 21.2 Å². The highest BCUT2D eigenvalue weighted by molar-refractivity contribution is 7.96. The van der Waals surface area contributed by atoms with Gasteiger partial charge < -0.3 is 5.32 Å². The molecule has 0 bridgehead atoms. The first-order chi connectivity index (χ1) is 14.7. The third-order valence-electron chi connectivity index (χ3n) is 6.12. The number of sulfone groups is 2. The number of rotatable bonds is 7. The van der Waals surface area contributed by atoms with Gasteiger partial charge in [0, 0.05) is 17.5 Å². The molecule has 1 unspecified atom stereocenters. The molecular weight excluding hydrogens is 459 g/mol. The second-order valence-electron chi connectivity index (χ2n) is 8.38. The molecule has 1 aromatic heterocycles. The molecule has 2 aliphatic rings. The lowest BCUT2D eigenvalue weighted by atomic mass is 10.2. The monoisotopic (exact) mass is 486 g/mol. The molecule has 10 heteroatoms. The van der Waals surface area contributed by atoms with E-state index in [1.165, 1.54) is 17.0 Å². The molecule has 0 spiro atoms. The first-order valence-corrected chi connectivity index (χ1v) is 14.6. The van der Waals surface area contributed by atoms with E-state index in [4.69, 9.17) is 0 Å². The van der Waals surface area contributed by atoms with Crippen molar-refractivity contribution in [3.05, 3.63) is 52.0 Å². The van der Waals surface area contributed by atoms with Gasteiger partial charge in [0.15, 0.2) is 19.7 Å². The van der Waals surface area contributed by atoms with E-state index < -0.39 is 47.4 Å². The molecule has 1 aromatic carbocycles. The minimum Gasteiger partial charge on any atom is -0.310 e. The summed E-state index contributed by atoms with van der Waals surface area (Å²) in [6.45, 7) is 4.05. The van der Waals surface area contributed by atoms with Gasteiger partial charge in [0.1, 0.15) is 10.7 Å². The van der Waals surface area contributed by atoms with Crippen molar-refractivity contribution in [2.45, 2.75) is 42.0 Å². The first kappa shape index (κ1) is 22.8. The van der Waals surface area contributed by atoms with E-state index in [9.17, 15) is 21.2 Å². The Morgan fingerprint density at radius 2 is 1.97 bits per heavy atom. The van der Waals surface area contributed by atoms with E-state index in [-0.39, 0.29) is 11.8 Å².